The summed E-state index contributed by atoms with van der Waals surface area (Å²) in [4.78, 5) is 5.67. The molecule has 0 aliphatic heterocycles. The van der Waals surface area contributed by atoms with Gasteiger partial charge in [-0.25, -0.2) is 4.98 Å². The SMILES string of the molecule is CCc1ccc(-c2sc(CCl)nc2C)cc1. The molecule has 2 aromatic rings. The molecule has 0 aliphatic carbocycles. The second-order valence-electron chi connectivity index (χ2n) is 3.71. The molecule has 1 aromatic heterocycles. The largest absolute Gasteiger partial charge is 0.245 e. The molecule has 3 heteroatoms. The van der Waals surface area contributed by atoms with E-state index in [0.29, 0.717) is 5.88 Å². The van der Waals surface area contributed by atoms with Crippen molar-refractivity contribution in [1.82, 2.24) is 4.98 Å². The molecule has 0 spiro atoms. The summed E-state index contributed by atoms with van der Waals surface area (Å²) in [7, 11) is 0. The van der Waals surface area contributed by atoms with Gasteiger partial charge in [-0.3, -0.25) is 0 Å². The first-order valence-corrected chi connectivity index (χ1v) is 6.71. The van der Waals surface area contributed by atoms with E-state index >= 15 is 0 Å². The van der Waals surface area contributed by atoms with Gasteiger partial charge in [0.2, 0.25) is 0 Å². The minimum absolute atomic E-state index is 0.499. The van der Waals surface area contributed by atoms with Crippen LogP contribution in [-0.4, -0.2) is 4.98 Å². The third-order valence-electron chi connectivity index (χ3n) is 2.58. The van der Waals surface area contributed by atoms with Crippen LogP contribution in [0.1, 0.15) is 23.2 Å². The zero-order chi connectivity index (χ0) is 11.5. The van der Waals surface area contributed by atoms with Crippen LogP contribution in [0.25, 0.3) is 10.4 Å². The maximum absolute atomic E-state index is 5.80. The summed E-state index contributed by atoms with van der Waals surface area (Å²) < 4.78 is 0. The zero-order valence-electron chi connectivity index (χ0n) is 9.46. The van der Waals surface area contributed by atoms with Crippen molar-refractivity contribution in [2.24, 2.45) is 0 Å². The predicted molar refractivity (Wildman–Crippen MR) is 71.2 cm³/mol. The lowest BCUT2D eigenvalue weighted by Crippen LogP contribution is -1.81. The van der Waals surface area contributed by atoms with Gasteiger partial charge in [0, 0.05) is 0 Å². The lowest BCUT2D eigenvalue weighted by atomic mass is 10.1. The van der Waals surface area contributed by atoms with Gasteiger partial charge in [-0.2, -0.15) is 0 Å². The van der Waals surface area contributed by atoms with E-state index in [-0.39, 0.29) is 0 Å². The van der Waals surface area contributed by atoms with Crippen LogP contribution in [0.3, 0.4) is 0 Å². The molecule has 1 nitrogen and oxygen atoms in total. The topological polar surface area (TPSA) is 12.9 Å². The second-order valence-corrected chi connectivity index (χ2v) is 5.06. The average molecular weight is 252 g/mol. The Morgan fingerprint density at radius 2 is 1.94 bits per heavy atom. The molecule has 0 N–H and O–H groups in total. The molecule has 0 unspecified atom stereocenters. The Kier molecular flexibility index (Phi) is 3.62. The first kappa shape index (κ1) is 11.6. The molecule has 0 aliphatic rings. The number of rotatable bonds is 3. The van der Waals surface area contributed by atoms with Gasteiger partial charge in [0.05, 0.1) is 16.5 Å². The fourth-order valence-corrected chi connectivity index (χ4v) is 2.81. The Morgan fingerprint density at radius 1 is 1.25 bits per heavy atom. The van der Waals surface area contributed by atoms with Crippen LogP contribution >= 0.6 is 22.9 Å². The molecule has 0 fully saturated rings. The lowest BCUT2D eigenvalue weighted by molar-refractivity contribution is 1.14. The smallest absolute Gasteiger partial charge is 0.108 e. The molecule has 0 bridgehead atoms. The first-order valence-electron chi connectivity index (χ1n) is 5.36. The standard InChI is InChI=1S/C13H14ClNS/c1-3-10-4-6-11(7-5-10)13-9(2)15-12(8-14)16-13/h4-7H,3,8H2,1-2H3. The van der Waals surface area contributed by atoms with Crippen molar-refractivity contribution in [2.75, 3.05) is 0 Å². The highest BCUT2D eigenvalue weighted by Gasteiger charge is 2.08. The van der Waals surface area contributed by atoms with Crippen LogP contribution in [0.2, 0.25) is 0 Å². The molecule has 2 rings (SSSR count). The number of nitrogens with zero attached hydrogens (tertiary/aromatic N) is 1. The van der Waals surface area contributed by atoms with E-state index < -0.39 is 0 Å². The van der Waals surface area contributed by atoms with Gasteiger partial charge in [0.25, 0.3) is 0 Å². The number of thiazole rings is 1. The van der Waals surface area contributed by atoms with E-state index in [9.17, 15) is 0 Å². The number of aryl methyl sites for hydroxylation is 2. The molecule has 0 saturated carbocycles. The van der Waals surface area contributed by atoms with Gasteiger partial charge in [-0.15, -0.1) is 22.9 Å². The third-order valence-corrected chi connectivity index (χ3v) is 4.20. The molecular weight excluding hydrogens is 238 g/mol. The number of halogens is 1. The van der Waals surface area contributed by atoms with Crippen molar-refractivity contribution in [2.45, 2.75) is 26.1 Å². The van der Waals surface area contributed by atoms with Crippen LogP contribution in [0.4, 0.5) is 0 Å². The Bertz CT molecular complexity index is 473. The summed E-state index contributed by atoms with van der Waals surface area (Å²) in [6, 6.07) is 8.68. The van der Waals surface area contributed by atoms with E-state index in [1.165, 1.54) is 16.0 Å². The van der Waals surface area contributed by atoms with Gasteiger partial charge in [-0.05, 0) is 24.5 Å². The summed E-state index contributed by atoms with van der Waals surface area (Å²) in [5.74, 6) is 0.499. The van der Waals surface area contributed by atoms with Crippen molar-refractivity contribution in [3.05, 3.63) is 40.5 Å². The van der Waals surface area contributed by atoms with Crippen LogP contribution in [-0.2, 0) is 12.3 Å². The van der Waals surface area contributed by atoms with Crippen molar-refractivity contribution in [1.29, 1.82) is 0 Å². The normalized spacial score (nSPS) is 10.7. The summed E-state index contributed by atoms with van der Waals surface area (Å²) >= 11 is 7.48. The Labute approximate surface area is 105 Å². The zero-order valence-corrected chi connectivity index (χ0v) is 11.0. The van der Waals surface area contributed by atoms with Crippen molar-refractivity contribution < 1.29 is 0 Å². The van der Waals surface area contributed by atoms with Crippen LogP contribution in [0.5, 0.6) is 0 Å². The van der Waals surface area contributed by atoms with Crippen molar-refractivity contribution in [3.8, 4) is 10.4 Å². The average Bonchev–Trinajstić information content (AvgIpc) is 2.71. The number of hydrogen-bond donors (Lipinski definition) is 0. The highest BCUT2D eigenvalue weighted by Crippen LogP contribution is 2.30. The van der Waals surface area contributed by atoms with Gasteiger partial charge >= 0.3 is 0 Å². The van der Waals surface area contributed by atoms with Gasteiger partial charge in [0.1, 0.15) is 5.01 Å². The monoisotopic (exact) mass is 251 g/mol. The van der Waals surface area contributed by atoms with E-state index in [2.05, 4.69) is 36.2 Å². The van der Waals surface area contributed by atoms with Gasteiger partial charge < -0.3 is 0 Å². The molecule has 1 aromatic carbocycles. The maximum atomic E-state index is 5.80. The fourth-order valence-electron chi connectivity index (χ4n) is 1.67. The predicted octanol–water partition coefficient (Wildman–Crippen LogP) is 4.42. The lowest BCUT2D eigenvalue weighted by Gasteiger charge is -2.00. The van der Waals surface area contributed by atoms with E-state index in [4.69, 9.17) is 11.6 Å². The number of alkyl halides is 1. The van der Waals surface area contributed by atoms with E-state index in [1.807, 2.05) is 6.92 Å². The number of hydrogen-bond acceptors (Lipinski definition) is 2. The highest BCUT2D eigenvalue weighted by atomic mass is 35.5. The molecule has 16 heavy (non-hydrogen) atoms. The maximum Gasteiger partial charge on any atom is 0.108 e. The summed E-state index contributed by atoms with van der Waals surface area (Å²) in [6.45, 7) is 4.20. The van der Waals surface area contributed by atoms with Crippen LogP contribution < -0.4 is 0 Å². The molecule has 0 radical (unpaired) electrons. The Hall–Kier alpha value is -0.860. The van der Waals surface area contributed by atoms with Crippen molar-refractivity contribution >= 4 is 22.9 Å². The quantitative estimate of drug-likeness (QED) is 0.736. The molecular formula is C13H14ClNS. The van der Waals surface area contributed by atoms with E-state index in [1.54, 1.807) is 11.3 Å². The molecule has 1 heterocycles. The van der Waals surface area contributed by atoms with Crippen molar-refractivity contribution in [3.63, 3.8) is 0 Å². The first-order chi connectivity index (χ1) is 7.74. The highest BCUT2D eigenvalue weighted by molar-refractivity contribution is 7.15. The third kappa shape index (κ3) is 2.28. The van der Waals surface area contributed by atoms with Gasteiger partial charge in [0.15, 0.2) is 0 Å². The minimum Gasteiger partial charge on any atom is -0.245 e. The van der Waals surface area contributed by atoms with Crippen LogP contribution in [0, 0.1) is 6.92 Å². The number of aromatic nitrogens is 1. The van der Waals surface area contributed by atoms with E-state index in [0.717, 1.165) is 17.1 Å². The minimum atomic E-state index is 0.499. The number of benzene rings is 1. The summed E-state index contributed by atoms with van der Waals surface area (Å²) in [6.07, 6.45) is 1.08. The summed E-state index contributed by atoms with van der Waals surface area (Å²) in [5.41, 5.74) is 3.68. The Balaban J connectivity index is 2.38. The molecule has 0 amide bonds. The summed E-state index contributed by atoms with van der Waals surface area (Å²) in [5, 5.41) is 0.994. The molecule has 0 atom stereocenters. The molecule has 84 valence electrons. The Morgan fingerprint density at radius 3 is 2.44 bits per heavy atom. The van der Waals surface area contributed by atoms with Crippen LogP contribution in [0.15, 0.2) is 24.3 Å². The second kappa shape index (κ2) is 4.98. The molecule has 0 saturated heterocycles. The fraction of sp³-hybridized carbons (Fsp3) is 0.308. The van der Waals surface area contributed by atoms with Gasteiger partial charge in [-0.1, -0.05) is 31.2 Å².